The first-order valence-corrected chi connectivity index (χ1v) is 7.96. The van der Waals surface area contributed by atoms with Gasteiger partial charge >= 0.3 is 6.18 Å². The van der Waals surface area contributed by atoms with E-state index in [0.29, 0.717) is 5.01 Å². The molecule has 0 fully saturated rings. The summed E-state index contributed by atoms with van der Waals surface area (Å²) >= 11 is 1.30. The SMILES string of the molecule is Cc1csc(CC(=O)NNC(=O)CN(CCCO)CC(F)(F)F)n1. The van der Waals surface area contributed by atoms with E-state index in [1.54, 1.807) is 12.3 Å². The van der Waals surface area contributed by atoms with Crippen LogP contribution >= 0.6 is 11.3 Å². The summed E-state index contributed by atoms with van der Waals surface area (Å²) in [5.74, 6) is -1.30. The fraction of sp³-hybridized carbons (Fsp3) is 0.615. The number of alkyl halides is 3. The van der Waals surface area contributed by atoms with Crippen LogP contribution in [0, 0.1) is 6.92 Å². The lowest BCUT2D eigenvalue weighted by Crippen LogP contribution is -2.48. The number of thiazole rings is 1. The van der Waals surface area contributed by atoms with Crippen LogP contribution < -0.4 is 10.9 Å². The summed E-state index contributed by atoms with van der Waals surface area (Å²) in [5, 5.41) is 11.0. The van der Waals surface area contributed by atoms with Crippen molar-refractivity contribution >= 4 is 23.2 Å². The highest BCUT2D eigenvalue weighted by molar-refractivity contribution is 7.09. The van der Waals surface area contributed by atoms with Crippen LogP contribution in [0.2, 0.25) is 0 Å². The maximum Gasteiger partial charge on any atom is 0.401 e. The van der Waals surface area contributed by atoms with E-state index in [2.05, 4.69) is 15.8 Å². The molecule has 0 spiro atoms. The third-order valence-electron chi connectivity index (χ3n) is 2.72. The van der Waals surface area contributed by atoms with Crippen molar-refractivity contribution in [3.05, 3.63) is 16.1 Å². The molecule has 0 bridgehead atoms. The number of aryl methyl sites for hydroxylation is 1. The quantitative estimate of drug-likeness (QED) is 0.577. The number of aliphatic hydroxyl groups excluding tert-OH is 1. The topological polar surface area (TPSA) is 94.6 Å². The second-order valence-electron chi connectivity index (χ2n) is 5.06. The molecule has 1 rings (SSSR count). The largest absolute Gasteiger partial charge is 0.401 e. The maximum atomic E-state index is 12.4. The fourth-order valence-electron chi connectivity index (χ4n) is 1.81. The molecular formula is C13H19F3N4O3S. The molecule has 0 radical (unpaired) electrons. The van der Waals surface area contributed by atoms with Crippen LogP contribution in [0.5, 0.6) is 0 Å². The van der Waals surface area contributed by atoms with Crippen LogP contribution in [0.1, 0.15) is 17.1 Å². The zero-order valence-corrected chi connectivity index (χ0v) is 13.8. The molecule has 24 heavy (non-hydrogen) atoms. The van der Waals surface area contributed by atoms with Crippen LogP contribution in [0.3, 0.4) is 0 Å². The molecule has 0 unspecified atom stereocenters. The van der Waals surface area contributed by atoms with Crippen molar-refractivity contribution < 1.29 is 27.9 Å². The van der Waals surface area contributed by atoms with Crippen molar-refractivity contribution in [3.8, 4) is 0 Å². The van der Waals surface area contributed by atoms with E-state index < -0.39 is 31.1 Å². The highest BCUT2D eigenvalue weighted by Crippen LogP contribution is 2.16. The van der Waals surface area contributed by atoms with Gasteiger partial charge in [0, 0.05) is 24.2 Å². The summed E-state index contributed by atoms with van der Waals surface area (Å²) in [6.45, 7) is -0.403. The fourth-order valence-corrected chi connectivity index (χ4v) is 2.58. The first-order valence-electron chi connectivity index (χ1n) is 7.08. The summed E-state index contributed by atoms with van der Waals surface area (Å²) < 4.78 is 37.3. The average molecular weight is 368 g/mol. The summed E-state index contributed by atoms with van der Waals surface area (Å²) in [7, 11) is 0. The minimum atomic E-state index is -4.46. The standard InChI is InChI=1S/C13H19F3N4O3S/c1-9-7-24-12(17-9)5-10(22)18-19-11(23)6-20(3-2-4-21)8-13(14,15)16/h7,21H,2-6,8H2,1H3,(H,18,22)(H,19,23). The number of aliphatic hydroxyl groups is 1. The number of rotatable bonds is 8. The number of carbonyl (C=O) groups is 2. The Morgan fingerprint density at radius 1 is 1.33 bits per heavy atom. The van der Waals surface area contributed by atoms with Crippen molar-refractivity contribution in [1.29, 1.82) is 0 Å². The summed E-state index contributed by atoms with van der Waals surface area (Å²) in [5.41, 5.74) is 4.98. The van der Waals surface area contributed by atoms with E-state index >= 15 is 0 Å². The summed E-state index contributed by atoms with van der Waals surface area (Å²) in [6, 6.07) is 0. The van der Waals surface area contributed by atoms with E-state index in [0.717, 1.165) is 10.6 Å². The van der Waals surface area contributed by atoms with Crippen LogP contribution in [0.25, 0.3) is 0 Å². The predicted molar refractivity (Wildman–Crippen MR) is 81.0 cm³/mol. The van der Waals surface area contributed by atoms with Crippen molar-refractivity contribution in [2.24, 2.45) is 0 Å². The number of hydrogen-bond donors (Lipinski definition) is 3. The molecule has 7 nitrogen and oxygen atoms in total. The van der Waals surface area contributed by atoms with Crippen molar-refractivity contribution in [3.63, 3.8) is 0 Å². The van der Waals surface area contributed by atoms with Gasteiger partial charge in [-0.3, -0.25) is 25.3 Å². The Morgan fingerprint density at radius 3 is 2.54 bits per heavy atom. The van der Waals surface area contributed by atoms with Crippen molar-refractivity contribution in [2.75, 3.05) is 26.2 Å². The van der Waals surface area contributed by atoms with Gasteiger partial charge in [-0.25, -0.2) is 4.98 Å². The van der Waals surface area contributed by atoms with Crippen molar-refractivity contribution in [1.82, 2.24) is 20.7 Å². The average Bonchev–Trinajstić information content (AvgIpc) is 2.86. The number of nitrogens with zero attached hydrogens (tertiary/aromatic N) is 2. The lowest BCUT2D eigenvalue weighted by atomic mass is 10.3. The second kappa shape index (κ2) is 9.55. The first kappa shape index (κ1) is 20.3. The Hall–Kier alpha value is -1.72. The molecule has 0 saturated heterocycles. The Balaban J connectivity index is 2.39. The number of halogens is 3. The van der Waals surface area contributed by atoms with E-state index in [1.165, 1.54) is 11.3 Å². The highest BCUT2D eigenvalue weighted by Gasteiger charge is 2.31. The first-order chi connectivity index (χ1) is 11.2. The maximum absolute atomic E-state index is 12.4. The molecule has 3 N–H and O–H groups in total. The Labute approximate surface area is 140 Å². The molecule has 0 saturated carbocycles. The molecule has 1 aromatic heterocycles. The summed E-state index contributed by atoms with van der Waals surface area (Å²) in [4.78, 5) is 28.2. The Morgan fingerprint density at radius 2 is 2.00 bits per heavy atom. The molecular weight excluding hydrogens is 349 g/mol. The Bertz CT molecular complexity index is 551. The third-order valence-corrected chi connectivity index (χ3v) is 3.69. The van der Waals surface area contributed by atoms with Gasteiger partial charge in [-0.05, 0) is 13.3 Å². The minimum Gasteiger partial charge on any atom is -0.396 e. The smallest absolute Gasteiger partial charge is 0.396 e. The molecule has 2 amide bonds. The second-order valence-corrected chi connectivity index (χ2v) is 6.00. The lowest BCUT2D eigenvalue weighted by molar-refractivity contribution is -0.149. The molecule has 0 atom stereocenters. The Kier molecular flexibility index (Phi) is 8.08. The molecule has 0 aliphatic heterocycles. The number of aromatic nitrogens is 1. The predicted octanol–water partition coefficient (Wildman–Crippen LogP) is 0.388. The van der Waals surface area contributed by atoms with Gasteiger partial charge in [-0.15, -0.1) is 11.3 Å². The minimum absolute atomic E-state index is 0.0322. The molecule has 136 valence electrons. The number of hydrazine groups is 1. The van der Waals surface area contributed by atoms with E-state index in [9.17, 15) is 22.8 Å². The van der Waals surface area contributed by atoms with Gasteiger partial charge in [-0.2, -0.15) is 13.2 Å². The van der Waals surface area contributed by atoms with Gasteiger partial charge in [0.25, 0.3) is 5.91 Å². The van der Waals surface area contributed by atoms with Gasteiger partial charge in [0.15, 0.2) is 0 Å². The zero-order chi connectivity index (χ0) is 18.2. The van der Waals surface area contributed by atoms with Crippen LogP contribution in [-0.2, 0) is 16.0 Å². The number of amides is 2. The van der Waals surface area contributed by atoms with Crippen LogP contribution in [0.4, 0.5) is 13.2 Å². The normalized spacial score (nSPS) is 11.6. The molecule has 1 heterocycles. The van der Waals surface area contributed by atoms with Gasteiger partial charge in [-0.1, -0.05) is 0 Å². The monoisotopic (exact) mass is 368 g/mol. The van der Waals surface area contributed by atoms with E-state index in [-0.39, 0.29) is 26.0 Å². The highest BCUT2D eigenvalue weighted by atomic mass is 32.1. The number of hydrogen-bond acceptors (Lipinski definition) is 6. The molecule has 1 aromatic rings. The molecule has 0 aliphatic carbocycles. The van der Waals surface area contributed by atoms with Gasteiger partial charge in [0.05, 0.1) is 19.5 Å². The zero-order valence-electron chi connectivity index (χ0n) is 13.0. The molecule has 0 aromatic carbocycles. The number of carbonyl (C=O) groups excluding carboxylic acids is 2. The lowest BCUT2D eigenvalue weighted by Gasteiger charge is -2.22. The third kappa shape index (κ3) is 8.79. The molecule has 0 aliphatic rings. The van der Waals surface area contributed by atoms with Gasteiger partial charge in [0.2, 0.25) is 5.91 Å². The van der Waals surface area contributed by atoms with Crippen molar-refractivity contribution in [2.45, 2.75) is 25.9 Å². The van der Waals surface area contributed by atoms with Gasteiger partial charge in [0.1, 0.15) is 5.01 Å². The van der Waals surface area contributed by atoms with Gasteiger partial charge < -0.3 is 5.11 Å². The summed E-state index contributed by atoms with van der Waals surface area (Å²) in [6.07, 6.45) is -4.38. The van der Waals surface area contributed by atoms with Crippen LogP contribution in [0.15, 0.2) is 5.38 Å². The van der Waals surface area contributed by atoms with E-state index in [4.69, 9.17) is 5.11 Å². The van der Waals surface area contributed by atoms with E-state index in [1.807, 2.05) is 0 Å². The number of nitrogens with one attached hydrogen (secondary N) is 2. The van der Waals surface area contributed by atoms with Crippen LogP contribution in [-0.4, -0.2) is 59.2 Å². The molecule has 11 heteroatoms.